The van der Waals surface area contributed by atoms with Crippen LogP contribution in [0.3, 0.4) is 0 Å². The minimum atomic E-state index is -0.484. The van der Waals surface area contributed by atoms with E-state index in [2.05, 4.69) is 27.6 Å². The Bertz CT molecular complexity index is 1090. The van der Waals surface area contributed by atoms with Crippen molar-refractivity contribution in [3.05, 3.63) is 88.2 Å². The highest BCUT2D eigenvalue weighted by atomic mass is 16.3. The monoisotopic (exact) mass is 444 g/mol. The number of nitrogens with one attached hydrogen (secondary N) is 2. The number of carbonyl (C=O) groups excluding carboxylic acids is 1. The van der Waals surface area contributed by atoms with Crippen molar-refractivity contribution in [3.63, 3.8) is 0 Å². The van der Waals surface area contributed by atoms with Crippen molar-refractivity contribution < 1.29 is 9.90 Å². The van der Waals surface area contributed by atoms with Gasteiger partial charge in [0, 0.05) is 30.4 Å². The molecule has 5 rings (SSSR count). The summed E-state index contributed by atoms with van der Waals surface area (Å²) in [6.45, 7) is 0.531. The smallest absolute Gasteiger partial charge is 0.253 e. The molecule has 2 aromatic carbocycles. The van der Waals surface area contributed by atoms with Gasteiger partial charge in [-0.25, -0.2) is 0 Å². The van der Waals surface area contributed by atoms with Crippen LogP contribution in [-0.4, -0.2) is 45.2 Å². The minimum Gasteiger partial charge on any atom is -0.387 e. The number of aromatic nitrogens is 2. The summed E-state index contributed by atoms with van der Waals surface area (Å²) in [6, 6.07) is 18.2. The topological polar surface area (TPSA) is 81.2 Å². The fourth-order valence-corrected chi connectivity index (χ4v) is 5.25. The SMILES string of the molecule is CN(Cc1n[nH]c2c1CCC2)C(=O)c1ccc(C[C@@H]2CC[C@H](C(O)c3ccccc3)N2)cc1. The van der Waals surface area contributed by atoms with E-state index in [1.165, 1.54) is 16.8 Å². The number of amides is 1. The molecule has 0 bridgehead atoms. The van der Waals surface area contributed by atoms with Crippen LogP contribution >= 0.6 is 0 Å². The Hall–Kier alpha value is -2.96. The molecule has 1 saturated heterocycles. The second kappa shape index (κ2) is 9.49. The molecule has 1 fully saturated rings. The van der Waals surface area contributed by atoms with Gasteiger partial charge in [0.2, 0.25) is 0 Å². The summed E-state index contributed by atoms with van der Waals surface area (Å²) in [4.78, 5) is 14.7. The van der Waals surface area contributed by atoms with Gasteiger partial charge >= 0.3 is 0 Å². The highest BCUT2D eigenvalue weighted by Gasteiger charge is 2.30. The second-order valence-electron chi connectivity index (χ2n) is 9.45. The molecular weight excluding hydrogens is 412 g/mol. The van der Waals surface area contributed by atoms with Crippen LogP contribution in [0.2, 0.25) is 0 Å². The highest BCUT2D eigenvalue weighted by molar-refractivity contribution is 5.94. The van der Waals surface area contributed by atoms with Crippen molar-refractivity contribution in [2.75, 3.05) is 7.05 Å². The first-order valence-corrected chi connectivity index (χ1v) is 12.0. The van der Waals surface area contributed by atoms with Gasteiger partial charge in [-0.1, -0.05) is 42.5 Å². The van der Waals surface area contributed by atoms with E-state index in [1.807, 2.05) is 49.5 Å². The molecule has 0 saturated carbocycles. The van der Waals surface area contributed by atoms with E-state index >= 15 is 0 Å². The lowest BCUT2D eigenvalue weighted by molar-refractivity contribution is 0.0783. The lowest BCUT2D eigenvalue weighted by atomic mass is 10.0. The van der Waals surface area contributed by atoms with E-state index in [9.17, 15) is 9.90 Å². The average Bonchev–Trinajstić information content (AvgIpc) is 3.58. The van der Waals surface area contributed by atoms with Gasteiger partial charge in [-0.3, -0.25) is 9.89 Å². The Morgan fingerprint density at radius 3 is 2.70 bits per heavy atom. The summed E-state index contributed by atoms with van der Waals surface area (Å²) in [5.41, 5.74) is 6.38. The molecule has 3 N–H and O–H groups in total. The molecule has 1 unspecified atom stereocenters. The largest absolute Gasteiger partial charge is 0.387 e. The average molecular weight is 445 g/mol. The van der Waals surface area contributed by atoms with E-state index < -0.39 is 6.10 Å². The molecule has 1 aliphatic carbocycles. The molecule has 3 aromatic rings. The third kappa shape index (κ3) is 4.72. The number of rotatable bonds is 7. The molecule has 1 aromatic heterocycles. The van der Waals surface area contributed by atoms with Gasteiger partial charge in [-0.05, 0) is 67.3 Å². The van der Waals surface area contributed by atoms with E-state index in [0.29, 0.717) is 18.2 Å². The zero-order valence-electron chi connectivity index (χ0n) is 19.1. The molecular formula is C27H32N4O2. The number of H-pyrrole nitrogens is 1. The Morgan fingerprint density at radius 2 is 1.91 bits per heavy atom. The van der Waals surface area contributed by atoms with E-state index in [1.54, 1.807) is 4.90 Å². The van der Waals surface area contributed by atoms with Gasteiger partial charge in [0.15, 0.2) is 0 Å². The van der Waals surface area contributed by atoms with Crippen LogP contribution in [0.1, 0.15) is 63.8 Å². The summed E-state index contributed by atoms with van der Waals surface area (Å²) in [6.07, 6.45) is 5.67. The Labute approximate surface area is 195 Å². The number of aryl methyl sites for hydroxylation is 1. The zero-order chi connectivity index (χ0) is 22.8. The first-order chi connectivity index (χ1) is 16.1. The van der Waals surface area contributed by atoms with Gasteiger partial charge in [0.1, 0.15) is 0 Å². The maximum absolute atomic E-state index is 12.9. The Morgan fingerprint density at radius 1 is 1.12 bits per heavy atom. The number of aromatic amines is 1. The predicted octanol–water partition coefficient (Wildman–Crippen LogP) is 3.57. The third-order valence-corrected chi connectivity index (χ3v) is 7.11. The lowest BCUT2D eigenvalue weighted by Gasteiger charge is -2.20. The molecule has 6 heteroatoms. The molecule has 2 aliphatic rings. The van der Waals surface area contributed by atoms with Crippen LogP contribution in [0.4, 0.5) is 0 Å². The van der Waals surface area contributed by atoms with Crippen molar-refractivity contribution in [2.24, 2.45) is 0 Å². The van der Waals surface area contributed by atoms with Gasteiger partial charge in [0.05, 0.1) is 18.3 Å². The molecule has 172 valence electrons. The zero-order valence-corrected chi connectivity index (χ0v) is 19.1. The van der Waals surface area contributed by atoms with Crippen LogP contribution < -0.4 is 5.32 Å². The number of aliphatic hydroxyl groups excluding tert-OH is 1. The van der Waals surface area contributed by atoms with Gasteiger partial charge in [-0.2, -0.15) is 5.10 Å². The van der Waals surface area contributed by atoms with Crippen LogP contribution in [0.15, 0.2) is 54.6 Å². The quantitative estimate of drug-likeness (QED) is 0.520. The Balaban J connectivity index is 1.15. The van der Waals surface area contributed by atoms with E-state index in [0.717, 1.165) is 49.8 Å². The van der Waals surface area contributed by atoms with Gasteiger partial charge < -0.3 is 15.3 Å². The molecule has 3 atom stereocenters. The molecule has 1 aliphatic heterocycles. The number of aliphatic hydroxyl groups is 1. The number of carbonyl (C=O) groups is 1. The molecule has 0 radical (unpaired) electrons. The number of nitrogens with zero attached hydrogens (tertiary/aromatic N) is 2. The van der Waals surface area contributed by atoms with Crippen molar-refractivity contribution in [1.82, 2.24) is 20.4 Å². The highest BCUT2D eigenvalue weighted by Crippen LogP contribution is 2.27. The number of fused-ring (bicyclic) bond motifs is 1. The van der Waals surface area contributed by atoms with Crippen LogP contribution in [0.5, 0.6) is 0 Å². The first-order valence-electron chi connectivity index (χ1n) is 12.0. The maximum Gasteiger partial charge on any atom is 0.253 e. The van der Waals surface area contributed by atoms with E-state index in [-0.39, 0.29) is 11.9 Å². The summed E-state index contributed by atoms with van der Waals surface area (Å²) in [7, 11) is 1.84. The predicted molar refractivity (Wildman–Crippen MR) is 128 cm³/mol. The number of benzene rings is 2. The maximum atomic E-state index is 12.9. The minimum absolute atomic E-state index is 0.0151. The standard InChI is InChI=1S/C27H32N4O2/c1-31(17-25-22-8-5-9-23(22)29-30-25)27(33)20-12-10-18(11-13-20)16-21-14-15-24(28-21)26(32)19-6-3-2-4-7-19/h2-4,6-7,10-13,21,24,26,28,32H,5,8-9,14-17H2,1H3,(H,29,30)/t21-,24+,26?/m0/s1. The number of hydrogen-bond donors (Lipinski definition) is 3. The van der Waals surface area contributed by atoms with Crippen LogP contribution in [-0.2, 0) is 25.8 Å². The Kier molecular flexibility index (Phi) is 6.29. The molecule has 2 heterocycles. The van der Waals surface area contributed by atoms with Gasteiger partial charge in [-0.15, -0.1) is 0 Å². The molecule has 33 heavy (non-hydrogen) atoms. The third-order valence-electron chi connectivity index (χ3n) is 7.11. The van der Waals surface area contributed by atoms with Crippen molar-refractivity contribution in [2.45, 2.75) is 63.3 Å². The summed E-state index contributed by atoms with van der Waals surface area (Å²) < 4.78 is 0. The van der Waals surface area contributed by atoms with Crippen molar-refractivity contribution in [1.29, 1.82) is 0 Å². The summed E-state index contributed by atoms with van der Waals surface area (Å²) in [5, 5.41) is 21.8. The second-order valence-corrected chi connectivity index (χ2v) is 9.45. The van der Waals surface area contributed by atoms with Crippen molar-refractivity contribution in [3.8, 4) is 0 Å². The summed E-state index contributed by atoms with van der Waals surface area (Å²) in [5.74, 6) is 0.0151. The lowest BCUT2D eigenvalue weighted by Crippen LogP contribution is -2.35. The van der Waals surface area contributed by atoms with Crippen molar-refractivity contribution >= 4 is 5.91 Å². The first kappa shape index (κ1) is 21.9. The van der Waals surface area contributed by atoms with Crippen LogP contribution in [0, 0.1) is 0 Å². The van der Waals surface area contributed by atoms with E-state index in [4.69, 9.17) is 0 Å². The summed E-state index contributed by atoms with van der Waals surface area (Å²) >= 11 is 0. The normalized spacial score (nSPS) is 20.5. The molecule has 0 spiro atoms. The fraction of sp³-hybridized carbons (Fsp3) is 0.407. The molecule has 1 amide bonds. The van der Waals surface area contributed by atoms with Gasteiger partial charge in [0.25, 0.3) is 5.91 Å². The molecule has 6 nitrogen and oxygen atoms in total. The number of hydrogen-bond acceptors (Lipinski definition) is 4. The fourth-order valence-electron chi connectivity index (χ4n) is 5.25. The van der Waals surface area contributed by atoms with Crippen LogP contribution in [0.25, 0.3) is 0 Å².